The first kappa shape index (κ1) is 7.64. The SMILES string of the molecule is CCCCC1CC2C(C)CC12. The van der Waals surface area contributed by atoms with Crippen molar-refractivity contribution in [2.24, 2.45) is 23.7 Å². The molecule has 0 heteroatoms. The lowest BCUT2D eigenvalue weighted by Gasteiger charge is -2.58. The van der Waals surface area contributed by atoms with Crippen LogP contribution in [0.2, 0.25) is 0 Å². The van der Waals surface area contributed by atoms with Crippen LogP contribution in [0, 0.1) is 23.7 Å². The van der Waals surface area contributed by atoms with Crippen molar-refractivity contribution in [3.05, 3.63) is 0 Å². The second-order valence-corrected chi connectivity index (χ2v) is 4.68. The third kappa shape index (κ3) is 1.11. The molecule has 64 valence electrons. The molecule has 0 N–H and O–H groups in total. The maximum absolute atomic E-state index is 2.43. The zero-order chi connectivity index (χ0) is 7.84. The topological polar surface area (TPSA) is 0 Å². The molecule has 11 heavy (non-hydrogen) atoms. The molecular weight excluding hydrogens is 132 g/mol. The Kier molecular flexibility index (Phi) is 1.95. The highest BCUT2D eigenvalue weighted by Gasteiger charge is 2.50. The first-order valence-corrected chi connectivity index (χ1v) is 5.33. The van der Waals surface area contributed by atoms with Crippen molar-refractivity contribution in [2.75, 3.05) is 0 Å². The Morgan fingerprint density at radius 2 is 2.00 bits per heavy atom. The van der Waals surface area contributed by atoms with Crippen LogP contribution in [0.25, 0.3) is 0 Å². The molecule has 0 aromatic rings. The molecule has 0 aromatic heterocycles. The van der Waals surface area contributed by atoms with Crippen molar-refractivity contribution >= 4 is 0 Å². The van der Waals surface area contributed by atoms with Gasteiger partial charge < -0.3 is 0 Å². The highest BCUT2D eigenvalue weighted by Crippen LogP contribution is 2.58. The molecule has 2 saturated carbocycles. The van der Waals surface area contributed by atoms with Crippen LogP contribution in [0.15, 0.2) is 0 Å². The van der Waals surface area contributed by atoms with Crippen molar-refractivity contribution in [3.8, 4) is 0 Å². The molecule has 0 radical (unpaired) electrons. The second-order valence-electron chi connectivity index (χ2n) is 4.68. The molecule has 4 unspecified atom stereocenters. The van der Waals surface area contributed by atoms with Gasteiger partial charge in [0.2, 0.25) is 0 Å². The molecule has 4 atom stereocenters. The van der Waals surface area contributed by atoms with E-state index in [9.17, 15) is 0 Å². The molecular formula is C11H20. The fourth-order valence-corrected chi connectivity index (χ4v) is 3.08. The van der Waals surface area contributed by atoms with Gasteiger partial charge in [0, 0.05) is 0 Å². The minimum Gasteiger partial charge on any atom is -0.0654 e. The van der Waals surface area contributed by atoms with Gasteiger partial charge in [-0.05, 0) is 36.5 Å². The standard InChI is InChI=1S/C11H20/c1-3-4-5-9-7-10-8(2)6-11(9)10/h8-11H,3-7H2,1-2H3. The van der Waals surface area contributed by atoms with Crippen LogP contribution in [0.4, 0.5) is 0 Å². The van der Waals surface area contributed by atoms with E-state index in [1.54, 1.807) is 12.8 Å². The zero-order valence-electron chi connectivity index (χ0n) is 7.84. The number of hydrogen-bond acceptors (Lipinski definition) is 0. The Balaban J connectivity index is 1.69. The fourth-order valence-electron chi connectivity index (χ4n) is 3.08. The molecule has 0 aliphatic heterocycles. The summed E-state index contributed by atoms with van der Waals surface area (Å²) >= 11 is 0. The van der Waals surface area contributed by atoms with Crippen LogP contribution in [0.5, 0.6) is 0 Å². The number of hydrogen-bond donors (Lipinski definition) is 0. The van der Waals surface area contributed by atoms with E-state index in [1.807, 2.05) is 0 Å². The summed E-state index contributed by atoms with van der Waals surface area (Å²) in [6.45, 7) is 4.73. The largest absolute Gasteiger partial charge is 0.0654 e. The second kappa shape index (κ2) is 2.80. The summed E-state index contributed by atoms with van der Waals surface area (Å²) in [6, 6.07) is 0. The Bertz CT molecular complexity index is 137. The van der Waals surface area contributed by atoms with Gasteiger partial charge in [0.15, 0.2) is 0 Å². The summed E-state index contributed by atoms with van der Waals surface area (Å²) in [5, 5.41) is 0. The minimum absolute atomic E-state index is 1.08. The Labute approximate surface area is 70.4 Å². The third-order valence-electron chi connectivity index (χ3n) is 4.03. The van der Waals surface area contributed by atoms with Crippen molar-refractivity contribution in [1.29, 1.82) is 0 Å². The smallest absolute Gasteiger partial charge is 0.0352 e. The summed E-state index contributed by atoms with van der Waals surface area (Å²) in [5.74, 6) is 4.57. The van der Waals surface area contributed by atoms with E-state index in [1.165, 1.54) is 25.2 Å². The maximum Gasteiger partial charge on any atom is -0.0352 e. The minimum atomic E-state index is 1.08. The Morgan fingerprint density at radius 3 is 2.45 bits per heavy atom. The average molecular weight is 152 g/mol. The van der Waals surface area contributed by atoms with E-state index in [4.69, 9.17) is 0 Å². The van der Waals surface area contributed by atoms with Gasteiger partial charge in [0.05, 0.1) is 0 Å². The lowest BCUT2D eigenvalue weighted by molar-refractivity contribution is -0.0827. The van der Waals surface area contributed by atoms with E-state index in [0.717, 1.165) is 17.8 Å². The van der Waals surface area contributed by atoms with Gasteiger partial charge in [-0.3, -0.25) is 0 Å². The molecule has 2 rings (SSSR count). The van der Waals surface area contributed by atoms with E-state index in [-0.39, 0.29) is 0 Å². The monoisotopic (exact) mass is 152 g/mol. The zero-order valence-corrected chi connectivity index (χ0v) is 7.84. The molecule has 0 amide bonds. The van der Waals surface area contributed by atoms with Gasteiger partial charge in [-0.15, -0.1) is 0 Å². The van der Waals surface area contributed by atoms with Gasteiger partial charge in [0.1, 0.15) is 0 Å². The lowest BCUT2D eigenvalue weighted by Crippen LogP contribution is -2.50. The number of fused-ring (bicyclic) bond motifs is 1. The Hall–Kier alpha value is 0. The summed E-state index contributed by atoms with van der Waals surface area (Å²) in [5.41, 5.74) is 0. The molecule has 0 nitrogen and oxygen atoms in total. The van der Waals surface area contributed by atoms with Gasteiger partial charge in [-0.25, -0.2) is 0 Å². The van der Waals surface area contributed by atoms with E-state index in [0.29, 0.717) is 0 Å². The van der Waals surface area contributed by atoms with Crippen LogP contribution in [-0.2, 0) is 0 Å². The first-order valence-electron chi connectivity index (χ1n) is 5.33. The van der Waals surface area contributed by atoms with Crippen molar-refractivity contribution in [3.63, 3.8) is 0 Å². The average Bonchev–Trinajstić information content (AvgIpc) is 1.99. The van der Waals surface area contributed by atoms with Crippen LogP contribution in [0.1, 0.15) is 46.0 Å². The number of rotatable bonds is 3. The molecule has 0 aromatic carbocycles. The van der Waals surface area contributed by atoms with Crippen molar-refractivity contribution < 1.29 is 0 Å². The number of unbranched alkanes of at least 4 members (excludes halogenated alkanes) is 1. The summed E-state index contributed by atoms with van der Waals surface area (Å²) in [6.07, 6.45) is 7.53. The molecule has 2 aliphatic rings. The molecule has 0 bridgehead atoms. The maximum atomic E-state index is 2.43. The predicted octanol–water partition coefficient (Wildman–Crippen LogP) is 3.47. The summed E-state index contributed by atoms with van der Waals surface area (Å²) < 4.78 is 0. The van der Waals surface area contributed by atoms with E-state index in [2.05, 4.69) is 13.8 Å². The molecule has 0 saturated heterocycles. The normalized spacial score (nSPS) is 47.5. The molecule has 0 heterocycles. The van der Waals surface area contributed by atoms with E-state index >= 15 is 0 Å². The molecule has 2 fully saturated rings. The first-order chi connectivity index (χ1) is 5.33. The molecule has 0 spiro atoms. The van der Waals surface area contributed by atoms with E-state index < -0.39 is 0 Å². The predicted molar refractivity (Wildman–Crippen MR) is 48.4 cm³/mol. The van der Waals surface area contributed by atoms with Gasteiger partial charge in [0.25, 0.3) is 0 Å². The van der Waals surface area contributed by atoms with Gasteiger partial charge >= 0.3 is 0 Å². The fraction of sp³-hybridized carbons (Fsp3) is 1.00. The van der Waals surface area contributed by atoms with Gasteiger partial charge in [-0.2, -0.15) is 0 Å². The summed E-state index contributed by atoms with van der Waals surface area (Å²) in [7, 11) is 0. The lowest BCUT2D eigenvalue weighted by atomic mass is 9.48. The van der Waals surface area contributed by atoms with Crippen molar-refractivity contribution in [1.82, 2.24) is 0 Å². The van der Waals surface area contributed by atoms with Crippen LogP contribution in [0.3, 0.4) is 0 Å². The van der Waals surface area contributed by atoms with Crippen LogP contribution >= 0.6 is 0 Å². The summed E-state index contributed by atoms with van der Waals surface area (Å²) in [4.78, 5) is 0. The van der Waals surface area contributed by atoms with Crippen LogP contribution < -0.4 is 0 Å². The highest BCUT2D eigenvalue weighted by atomic mass is 14.6. The van der Waals surface area contributed by atoms with Crippen molar-refractivity contribution in [2.45, 2.75) is 46.0 Å². The Morgan fingerprint density at radius 1 is 1.18 bits per heavy atom. The van der Waals surface area contributed by atoms with Gasteiger partial charge in [-0.1, -0.05) is 33.1 Å². The van der Waals surface area contributed by atoms with Crippen LogP contribution in [-0.4, -0.2) is 0 Å². The highest BCUT2D eigenvalue weighted by molar-refractivity contribution is 4.99. The third-order valence-corrected chi connectivity index (χ3v) is 4.03. The molecule has 2 aliphatic carbocycles. The quantitative estimate of drug-likeness (QED) is 0.581.